The molecule has 108 valence electrons. The van der Waals surface area contributed by atoms with Gasteiger partial charge in [0.05, 0.1) is 10.6 Å². The average Bonchev–Trinajstić information content (AvgIpc) is 2.80. The fourth-order valence-electron chi connectivity index (χ4n) is 1.81. The summed E-state index contributed by atoms with van der Waals surface area (Å²) in [5.41, 5.74) is 0.385. The lowest BCUT2D eigenvalue weighted by molar-refractivity contribution is -0.384. The molecular formula is C13H11N3O5. The van der Waals surface area contributed by atoms with Gasteiger partial charge in [0.1, 0.15) is 5.69 Å². The lowest BCUT2D eigenvalue weighted by Gasteiger charge is -2.04. The summed E-state index contributed by atoms with van der Waals surface area (Å²) in [5, 5.41) is 22.1. The van der Waals surface area contributed by atoms with E-state index in [4.69, 9.17) is 5.11 Å². The fraction of sp³-hybridized carbons (Fsp3) is 0.0769. The van der Waals surface area contributed by atoms with Crippen molar-refractivity contribution in [1.29, 1.82) is 0 Å². The summed E-state index contributed by atoms with van der Waals surface area (Å²) >= 11 is 0. The third kappa shape index (κ3) is 3.06. The van der Waals surface area contributed by atoms with Crippen molar-refractivity contribution in [2.45, 2.75) is 6.92 Å². The van der Waals surface area contributed by atoms with Crippen molar-refractivity contribution >= 4 is 23.3 Å². The van der Waals surface area contributed by atoms with E-state index in [9.17, 15) is 19.7 Å². The highest BCUT2D eigenvalue weighted by atomic mass is 16.6. The number of aryl methyl sites for hydroxylation is 1. The van der Waals surface area contributed by atoms with Gasteiger partial charge in [-0.3, -0.25) is 14.9 Å². The van der Waals surface area contributed by atoms with Gasteiger partial charge in [0.15, 0.2) is 0 Å². The Bertz CT molecular complexity index is 735. The number of H-pyrrole nitrogens is 1. The lowest BCUT2D eigenvalue weighted by Crippen LogP contribution is -2.14. The molecule has 8 nitrogen and oxygen atoms in total. The number of hydrogen-bond acceptors (Lipinski definition) is 4. The standard InChI is InChI=1S/C13H11N3O5/c1-7-5-10(11(14-7)13(18)19)15-12(17)8-3-2-4-9(6-8)16(20)21/h2-6,14H,1H3,(H,15,17)(H,18,19). The van der Waals surface area contributed by atoms with Crippen molar-refractivity contribution in [3.8, 4) is 0 Å². The molecule has 1 aromatic carbocycles. The fourth-order valence-corrected chi connectivity index (χ4v) is 1.81. The number of nitrogens with zero attached hydrogens (tertiary/aromatic N) is 1. The second-order valence-electron chi connectivity index (χ2n) is 4.31. The number of amides is 1. The van der Waals surface area contributed by atoms with Gasteiger partial charge in [-0.1, -0.05) is 6.07 Å². The molecule has 0 aliphatic carbocycles. The van der Waals surface area contributed by atoms with Crippen molar-refractivity contribution in [2.75, 3.05) is 5.32 Å². The third-order valence-electron chi connectivity index (χ3n) is 2.73. The molecule has 2 rings (SSSR count). The minimum Gasteiger partial charge on any atom is -0.477 e. The van der Waals surface area contributed by atoms with Gasteiger partial charge < -0.3 is 15.4 Å². The normalized spacial score (nSPS) is 10.1. The molecule has 0 spiro atoms. The molecule has 0 aliphatic rings. The van der Waals surface area contributed by atoms with Crippen LogP contribution >= 0.6 is 0 Å². The van der Waals surface area contributed by atoms with E-state index in [1.165, 1.54) is 24.3 Å². The molecule has 1 amide bonds. The number of nitrogens with one attached hydrogen (secondary N) is 2. The molecule has 0 unspecified atom stereocenters. The maximum absolute atomic E-state index is 12.0. The molecule has 0 saturated heterocycles. The van der Waals surface area contributed by atoms with Crippen molar-refractivity contribution in [3.63, 3.8) is 0 Å². The number of anilines is 1. The lowest BCUT2D eigenvalue weighted by atomic mass is 10.2. The van der Waals surface area contributed by atoms with Crippen LogP contribution in [0.25, 0.3) is 0 Å². The number of rotatable bonds is 4. The second kappa shape index (κ2) is 5.45. The number of non-ortho nitro benzene ring substituents is 1. The number of aromatic carboxylic acids is 1. The molecular weight excluding hydrogens is 278 g/mol. The van der Waals surface area contributed by atoms with Crippen molar-refractivity contribution in [3.05, 3.63) is 57.4 Å². The van der Waals surface area contributed by atoms with Crippen LogP contribution in [0.1, 0.15) is 26.5 Å². The average molecular weight is 289 g/mol. The number of carboxylic acids is 1. The molecule has 1 aromatic heterocycles. The van der Waals surface area contributed by atoms with Crippen LogP contribution in [0, 0.1) is 17.0 Å². The zero-order valence-electron chi connectivity index (χ0n) is 10.9. The van der Waals surface area contributed by atoms with E-state index in [-0.39, 0.29) is 22.6 Å². The zero-order valence-corrected chi connectivity index (χ0v) is 10.9. The SMILES string of the molecule is Cc1cc(NC(=O)c2cccc([N+](=O)[O-])c2)c(C(=O)O)[nH]1. The number of hydrogen-bond donors (Lipinski definition) is 3. The maximum atomic E-state index is 12.0. The number of aromatic amines is 1. The van der Waals surface area contributed by atoms with Crippen molar-refractivity contribution in [2.24, 2.45) is 0 Å². The van der Waals surface area contributed by atoms with Gasteiger partial charge in [-0.15, -0.1) is 0 Å². The van der Waals surface area contributed by atoms with E-state index in [1.807, 2.05) is 0 Å². The Kier molecular flexibility index (Phi) is 3.70. The number of carbonyl (C=O) groups excluding carboxylic acids is 1. The smallest absolute Gasteiger partial charge is 0.354 e. The zero-order chi connectivity index (χ0) is 15.6. The molecule has 0 saturated carbocycles. The van der Waals surface area contributed by atoms with Crippen LogP contribution in [-0.4, -0.2) is 26.9 Å². The summed E-state index contributed by atoms with van der Waals surface area (Å²) < 4.78 is 0. The van der Waals surface area contributed by atoms with E-state index in [1.54, 1.807) is 6.92 Å². The van der Waals surface area contributed by atoms with Crippen LogP contribution in [0.2, 0.25) is 0 Å². The quantitative estimate of drug-likeness (QED) is 0.587. The third-order valence-corrected chi connectivity index (χ3v) is 2.73. The molecule has 0 fully saturated rings. The minimum absolute atomic E-state index is 0.0689. The van der Waals surface area contributed by atoms with E-state index >= 15 is 0 Å². The molecule has 8 heteroatoms. The van der Waals surface area contributed by atoms with Crippen LogP contribution in [0.5, 0.6) is 0 Å². The first-order chi connectivity index (χ1) is 9.88. The first-order valence-corrected chi connectivity index (χ1v) is 5.87. The summed E-state index contributed by atoms with van der Waals surface area (Å²) in [6.07, 6.45) is 0. The van der Waals surface area contributed by atoms with Gasteiger partial charge in [-0.2, -0.15) is 0 Å². The molecule has 1 heterocycles. The van der Waals surface area contributed by atoms with Crippen molar-refractivity contribution < 1.29 is 19.6 Å². The molecule has 2 aromatic rings. The summed E-state index contributed by atoms with van der Waals surface area (Å²) in [6.45, 7) is 1.65. The van der Waals surface area contributed by atoms with Gasteiger partial charge in [0.2, 0.25) is 0 Å². The summed E-state index contributed by atoms with van der Waals surface area (Å²) in [6, 6.07) is 6.64. The van der Waals surface area contributed by atoms with Gasteiger partial charge >= 0.3 is 5.97 Å². The van der Waals surface area contributed by atoms with Crippen LogP contribution in [0.15, 0.2) is 30.3 Å². The first-order valence-electron chi connectivity index (χ1n) is 5.87. The van der Waals surface area contributed by atoms with Gasteiger partial charge in [0, 0.05) is 23.4 Å². The van der Waals surface area contributed by atoms with E-state index < -0.39 is 16.8 Å². The van der Waals surface area contributed by atoms with E-state index in [0.717, 1.165) is 6.07 Å². The summed E-state index contributed by atoms with van der Waals surface area (Å²) in [5.74, 6) is -1.84. The molecule has 21 heavy (non-hydrogen) atoms. The highest BCUT2D eigenvalue weighted by Gasteiger charge is 2.17. The number of nitro benzene ring substituents is 1. The topological polar surface area (TPSA) is 125 Å². The van der Waals surface area contributed by atoms with Crippen LogP contribution in [-0.2, 0) is 0 Å². The molecule has 0 radical (unpaired) electrons. The number of nitro groups is 1. The molecule has 3 N–H and O–H groups in total. The summed E-state index contributed by atoms with van der Waals surface area (Å²) in [4.78, 5) is 35.7. The Morgan fingerprint density at radius 1 is 1.33 bits per heavy atom. The van der Waals surface area contributed by atoms with Gasteiger partial charge in [-0.05, 0) is 19.1 Å². The predicted molar refractivity (Wildman–Crippen MR) is 73.5 cm³/mol. The number of aromatic nitrogens is 1. The Morgan fingerprint density at radius 2 is 2.05 bits per heavy atom. The molecule has 0 bridgehead atoms. The number of benzene rings is 1. The highest BCUT2D eigenvalue weighted by molar-refractivity contribution is 6.07. The van der Waals surface area contributed by atoms with Gasteiger partial charge in [0.25, 0.3) is 11.6 Å². The van der Waals surface area contributed by atoms with Gasteiger partial charge in [-0.25, -0.2) is 4.79 Å². The maximum Gasteiger partial charge on any atom is 0.354 e. The Hall–Kier alpha value is -3.16. The number of carboxylic acid groups (broad SMARTS) is 1. The predicted octanol–water partition coefficient (Wildman–Crippen LogP) is 2.18. The molecule has 0 atom stereocenters. The van der Waals surface area contributed by atoms with E-state index in [0.29, 0.717) is 5.69 Å². The Morgan fingerprint density at radius 3 is 2.67 bits per heavy atom. The van der Waals surface area contributed by atoms with Crippen LogP contribution in [0.3, 0.4) is 0 Å². The Labute approximate surface area is 118 Å². The largest absolute Gasteiger partial charge is 0.477 e. The first kappa shape index (κ1) is 14.3. The molecule has 0 aliphatic heterocycles. The second-order valence-corrected chi connectivity index (χ2v) is 4.31. The number of carbonyl (C=O) groups is 2. The van der Waals surface area contributed by atoms with Crippen LogP contribution < -0.4 is 5.32 Å². The summed E-state index contributed by atoms with van der Waals surface area (Å²) in [7, 11) is 0. The Balaban J connectivity index is 2.28. The van der Waals surface area contributed by atoms with Crippen molar-refractivity contribution in [1.82, 2.24) is 4.98 Å². The minimum atomic E-state index is -1.21. The highest BCUT2D eigenvalue weighted by Crippen LogP contribution is 2.19. The monoisotopic (exact) mass is 289 g/mol. The van der Waals surface area contributed by atoms with E-state index in [2.05, 4.69) is 10.3 Å². The van der Waals surface area contributed by atoms with Crippen LogP contribution in [0.4, 0.5) is 11.4 Å².